The molecule has 0 aliphatic heterocycles. The molecule has 0 saturated heterocycles. The van der Waals surface area contributed by atoms with Gasteiger partial charge in [0.2, 0.25) is 5.88 Å². The van der Waals surface area contributed by atoms with Gasteiger partial charge in [0, 0.05) is 31.3 Å². The van der Waals surface area contributed by atoms with Crippen molar-refractivity contribution in [3.8, 4) is 5.88 Å². The molecule has 0 radical (unpaired) electrons. The largest absolute Gasteiger partial charge is 0.469 e. The van der Waals surface area contributed by atoms with E-state index in [9.17, 15) is 18.0 Å². The summed E-state index contributed by atoms with van der Waals surface area (Å²) in [6.07, 6.45) is -1.00. The van der Waals surface area contributed by atoms with Crippen molar-refractivity contribution in [2.24, 2.45) is 0 Å². The van der Waals surface area contributed by atoms with Crippen LogP contribution >= 0.6 is 0 Å². The SMILES string of the molecule is CC(Cc1ccco1)NC(=O)NCc1ccnc(OCC(F)(F)F)c1. The zero-order chi connectivity index (χ0) is 18.3. The van der Waals surface area contributed by atoms with Crippen LogP contribution in [0.25, 0.3) is 0 Å². The van der Waals surface area contributed by atoms with Gasteiger partial charge < -0.3 is 19.8 Å². The lowest BCUT2D eigenvalue weighted by molar-refractivity contribution is -0.154. The zero-order valence-corrected chi connectivity index (χ0v) is 13.5. The van der Waals surface area contributed by atoms with E-state index in [4.69, 9.17) is 4.42 Å². The highest BCUT2D eigenvalue weighted by molar-refractivity contribution is 5.74. The maximum Gasteiger partial charge on any atom is 0.422 e. The van der Waals surface area contributed by atoms with Crippen molar-refractivity contribution in [1.82, 2.24) is 15.6 Å². The van der Waals surface area contributed by atoms with Crippen LogP contribution in [-0.4, -0.2) is 29.8 Å². The summed E-state index contributed by atoms with van der Waals surface area (Å²) in [5, 5.41) is 5.37. The zero-order valence-electron chi connectivity index (χ0n) is 13.5. The fourth-order valence-corrected chi connectivity index (χ4v) is 2.03. The Balaban J connectivity index is 1.77. The van der Waals surface area contributed by atoms with Gasteiger partial charge in [0.15, 0.2) is 6.61 Å². The van der Waals surface area contributed by atoms with Gasteiger partial charge in [-0.15, -0.1) is 0 Å². The Morgan fingerprint density at radius 3 is 2.88 bits per heavy atom. The molecule has 2 aromatic rings. The first-order valence-corrected chi connectivity index (χ1v) is 7.53. The molecule has 136 valence electrons. The van der Waals surface area contributed by atoms with E-state index >= 15 is 0 Å². The predicted octanol–water partition coefficient (Wildman–Crippen LogP) is 3.05. The number of aromatic nitrogens is 1. The monoisotopic (exact) mass is 357 g/mol. The van der Waals surface area contributed by atoms with Gasteiger partial charge in [-0.25, -0.2) is 9.78 Å². The molecular formula is C16H18F3N3O3. The fourth-order valence-electron chi connectivity index (χ4n) is 2.03. The predicted molar refractivity (Wildman–Crippen MR) is 83.0 cm³/mol. The average Bonchev–Trinajstić information content (AvgIpc) is 3.03. The third kappa shape index (κ3) is 7.15. The molecule has 9 heteroatoms. The summed E-state index contributed by atoms with van der Waals surface area (Å²) in [4.78, 5) is 15.5. The van der Waals surface area contributed by atoms with E-state index in [1.165, 1.54) is 12.3 Å². The minimum absolute atomic E-state index is 0.129. The molecule has 2 N–H and O–H groups in total. The van der Waals surface area contributed by atoms with Gasteiger partial charge in [-0.2, -0.15) is 13.2 Å². The highest BCUT2D eigenvalue weighted by Crippen LogP contribution is 2.17. The Kier molecular flexibility index (Phi) is 6.26. The van der Waals surface area contributed by atoms with Crippen molar-refractivity contribution in [3.05, 3.63) is 48.0 Å². The number of hydrogen-bond acceptors (Lipinski definition) is 4. The van der Waals surface area contributed by atoms with E-state index in [2.05, 4.69) is 20.4 Å². The number of nitrogens with one attached hydrogen (secondary N) is 2. The molecule has 0 spiro atoms. The van der Waals surface area contributed by atoms with Crippen molar-refractivity contribution in [2.45, 2.75) is 32.1 Å². The van der Waals surface area contributed by atoms with Crippen LogP contribution in [0.1, 0.15) is 18.2 Å². The molecule has 2 amide bonds. The molecule has 2 rings (SSSR count). The van der Waals surface area contributed by atoms with E-state index in [0.717, 1.165) is 5.76 Å². The summed E-state index contributed by atoms with van der Waals surface area (Å²) in [5.74, 6) is 0.608. The fraction of sp³-hybridized carbons (Fsp3) is 0.375. The number of halogens is 3. The van der Waals surface area contributed by atoms with Crippen molar-refractivity contribution >= 4 is 6.03 Å². The Labute approximate surface area is 142 Å². The topological polar surface area (TPSA) is 76.4 Å². The number of alkyl halides is 3. The third-order valence-corrected chi connectivity index (χ3v) is 3.10. The van der Waals surface area contributed by atoms with Crippen LogP contribution in [0.15, 0.2) is 41.1 Å². The first-order valence-electron chi connectivity index (χ1n) is 7.53. The molecule has 25 heavy (non-hydrogen) atoms. The summed E-state index contributed by atoms with van der Waals surface area (Å²) in [7, 11) is 0. The van der Waals surface area contributed by atoms with Crippen LogP contribution in [0.4, 0.5) is 18.0 Å². The molecule has 2 heterocycles. The van der Waals surface area contributed by atoms with Gasteiger partial charge in [0.1, 0.15) is 5.76 Å². The number of hydrogen-bond donors (Lipinski definition) is 2. The maximum absolute atomic E-state index is 12.1. The standard InChI is InChI=1S/C16H18F3N3O3/c1-11(7-13-3-2-6-24-13)22-15(23)21-9-12-4-5-20-14(8-12)25-10-16(17,18)19/h2-6,8,11H,7,9-10H2,1H3,(H2,21,22,23). The van der Waals surface area contributed by atoms with E-state index in [1.54, 1.807) is 18.4 Å². The number of rotatable bonds is 7. The molecule has 0 aromatic carbocycles. The normalized spacial score (nSPS) is 12.5. The summed E-state index contributed by atoms with van der Waals surface area (Å²) < 4.78 is 46.2. The van der Waals surface area contributed by atoms with Crippen LogP contribution < -0.4 is 15.4 Å². The number of nitrogens with zero attached hydrogens (tertiary/aromatic N) is 1. The molecule has 0 aliphatic carbocycles. The lowest BCUT2D eigenvalue weighted by Gasteiger charge is -2.14. The number of pyridine rings is 1. The summed E-state index contributed by atoms with van der Waals surface area (Å²) in [6.45, 7) is 0.545. The first kappa shape index (κ1) is 18.6. The number of carbonyl (C=O) groups excluding carboxylic acids is 1. The van der Waals surface area contributed by atoms with E-state index in [-0.39, 0.29) is 18.5 Å². The van der Waals surface area contributed by atoms with E-state index < -0.39 is 18.8 Å². The maximum atomic E-state index is 12.1. The Hall–Kier alpha value is -2.71. The summed E-state index contributed by atoms with van der Waals surface area (Å²) >= 11 is 0. The molecule has 0 aliphatic rings. The lowest BCUT2D eigenvalue weighted by atomic mass is 10.2. The third-order valence-electron chi connectivity index (χ3n) is 3.10. The van der Waals surface area contributed by atoms with Crippen molar-refractivity contribution in [3.63, 3.8) is 0 Å². The second-order valence-electron chi connectivity index (χ2n) is 5.42. The summed E-state index contributed by atoms with van der Waals surface area (Å²) in [5.41, 5.74) is 0.570. The van der Waals surface area contributed by atoms with Crippen LogP contribution in [0.5, 0.6) is 5.88 Å². The number of ether oxygens (including phenoxy) is 1. The molecule has 0 bridgehead atoms. The smallest absolute Gasteiger partial charge is 0.422 e. The van der Waals surface area contributed by atoms with Gasteiger partial charge in [-0.1, -0.05) is 0 Å². The van der Waals surface area contributed by atoms with Gasteiger partial charge in [0.05, 0.1) is 6.26 Å². The van der Waals surface area contributed by atoms with Gasteiger partial charge in [0.25, 0.3) is 0 Å². The molecule has 1 unspecified atom stereocenters. The second-order valence-corrected chi connectivity index (χ2v) is 5.42. The van der Waals surface area contributed by atoms with Gasteiger partial charge >= 0.3 is 12.2 Å². The van der Waals surface area contributed by atoms with Crippen molar-refractivity contribution < 1.29 is 27.1 Å². The molecule has 0 saturated carbocycles. The first-order chi connectivity index (χ1) is 11.8. The van der Waals surface area contributed by atoms with Crippen molar-refractivity contribution in [1.29, 1.82) is 0 Å². The second kappa shape index (κ2) is 8.41. The quantitative estimate of drug-likeness (QED) is 0.799. The number of urea groups is 1. The molecule has 6 nitrogen and oxygen atoms in total. The molecule has 2 aromatic heterocycles. The van der Waals surface area contributed by atoms with Gasteiger partial charge in [-0.05, 0) is 30.7 Å². The number of carbonyl (C=O) groups is 1. The Morgan fingerprint density at radius 1 is 1.40 bits per heavy atom. The van der Waals surface area contributed by atoms with Gasteiger partial charge in [-0.3, -0.25) is 0 Å². The molecular weight excluding hydrogens is 339 g/mol. The average molecular weight is 357 g/mol. The highest BCUT2D eigenvalue weighted by Gasteiger charge is 2.28. The van der Waals surface area contributed by atoms with E-state index in [0.29, 0.717) is 12.0 Å². The Bertz CT molecular complexity index is 675. The van der Waals surface area contributed by atoms with Crippen LogP contribution in [0.2, 0.25) is 0 Å². The lowest BCUT2D eigenvalue weighted by Crippen LogP contribution is -2.41. The summed E-state index contributed by atoms with van der Waals surface area (Å²) in [6, 6.07) is 5.97. The molecule has 1 atom stereocenters. The Morgan fingerprint density at radius 2 is 2.20 bits per heavy atom. The number of amides is 2. The van der Waals surface area contributed by atoms with Crippen LogP contribution in [-0.2, 0) is 13.0 Å². The molecule has 0 fully saturated rings. The van der Waals surface area contributed by atoms with Crippen LogP contribution in [0, 0.1) is 0 Å². The minimum Gasteiger partial charge on any atom is -0.469 e. The van der Waals surface area contributed by atoms with Crippen molar-refractivity contribution in [2.75, 3.05) is 6.61 Å². The number of furan rings is 1. The highest BCUT2D eigenvalue weighted by atomic mass is 19.4. The van der Waals surface area contributed by atoms with Crippen LogP contribution in [0.3, 0.4) is 0 Å². The minimum atomic E-state index is -4.43. The van der Waals surface area contributed by atoms with E-state index in [1.807, 2.05) is 13.0 Å².